The van der Waals surface area contributed by atoms with Crippen LogP contribution in [0.15, 0.2) is 22.7 Å². The first kappa shape index (κ1) is 15.4. The Morgan fingerprint density at radius 3 is 2.50 bits per heavy atom. The topological polar surface area (TPSA) is 49.3 Å². The standard InChI is InChI=1S/C15H19BrFNO2/c16-13-9-10(17)7-8-12(13)14(15(19)20)18-11-5-3-1-2-4-6-11/h7-9,11,14,18H,1-6H2,(H,19,20). The molecule has 2 rings (SSSR count). The SMILES string of the molecule is O=C(O)C(NC1CCCCCC1)c1ccc(F)cc1Br. The molecule has 110 valence electrons. The van der Waals surface area contributed by atoms with Gasteiger partial charge in [-0.1, -0.05) is 47.7 Å². The lowest BCUT2D eigenvalue weighted by Gasteiger charge is -2.23. The third kappa shape index (κ3) is 4.03. The predicted molar refractivity (Wildman–Crippen MR) is 79.1 cm³/mol. The second kappa shape index (κ2) is 7.18. The predicted octanol–water partition coefficient (Wildman–Crippen LogP) is 4.03. The smallest absolute Gasteiger partial charge is 0.325 e. The number of nitrogens with one attached hydrogen (secondary N) is 1. The fourth-order valence-electron chi connectivity index (χ4n) is 2.71. The van der Waals surface area contributed by atoms with Gasteiger partial charge in [0.1, 0.15) is 11.9 Å². The van der Waals surface area contributed by atoms with E-state index in [4.69, 9.17) is 0 Å². The third-order valence-corrected chi connectivity index (χ3v) is 4.46. The van der Waals surface area contributed by atoms with Crippen LogP contribution in [-0.2, 0) is 4.79 Å². The van der Waals surface area contributed by atoms with Crippen molar-refractivity contribution in [3.63, 3.8) is 0 Å². The molecular weight excluding hydrogens is 325 g/mol. The van der Waals surface area contributed by atoms with Gasteiger partial charge in [0.25, 0.3) is 0 Å². The molecule has 1 fully saturated rings. The van der Waals surface area contributed by atoms with E-state index in [-0.39, 0.29) is 11.9 Å². The van der Waals surface area contributed by atoms with Crippen LogP contribution in [0.4, 0.5) is 4.39 Å². The maximum atomic E-state index is 13.1. The summed E-state index contributed by atoms with van der Waals surface area (Å²) < 4.78 is 13.6. The summed E-state index contributed by atoms with van der Waals surface area (Å²) in [5.41, 5.74) is 0.572. The molecule has 5 heteroatoms. The van der Waals surface area contributed by atoms with E-state index < -0.39 is 12.0 Å². The molecule has 0 aromatic heterocycles. The minimum absolute atomic E-state index is 0.218. The van der Waals surface area contributed by atoms with Crippen molar-refractivity contribution >= 4 is 21.9 Å². The fraction of sp³-hybridized carbons (Fsp3) is 0.533. The van der Waals surface area contributed by atoms with Crippen LogP contribution in [0.1, 0.15) is 50.1 Å². The zero-order chi connectivity index (χ0) is 14.5. The van der Waals surface area contributed by atoms with Gasteiger partial charge in [0, 0.05) is 10.5 Å². The highest BCUT2D eigenvalue weighted by atomic mass is 79.9. The van der Waals surface area contributed by atoms with Crippen molar-refractivity contribution in [3.8, 4) is 0 Å². The molecule has 1 aromatic rings. The Morgan fingerprint density at radius 2 is 1.95 bits per heavy atom. The van der Waals surface area contributed by atoms with E-state index in [2.05, 4.69) is 21.2 Å². The summed E-state index contributed by atoms with van der Waals surface area (Å²) >= 11 is 3.25. The number of rotatable bonds is 4. The molecule has 0 heterocycles. The van der Waals surface area contributed by atoms with E-state index in [1.54, 1.807) is 0 Å². The molecule has 1 aliphatic rings. The summed E-state index contributed by atoms with van der Waals surface area (Å²) in [6.07, 6.45) is 6.71. The Bertz CT molecular complexity index is 473. The Balaban J connectivity index is 2.15. The number of carboxylic acid groups (broad SMARTS) is 1. The molecular formula is C15H19BrFNO2. The van der Waals surface area contributed by atoms with Gasteiger partial charge in [0.05, 0.1) is 0 Å². The van der Waals surface area contributed by atoms with Gasteiger partial charge in [-0.15, -0.1) is 0 Å². The molecule has 20 heavy (non-hydrogen) atoms. The van der Waals surface area contributed by atoms with Crippen LogP contribution in [0.25, 0.3) is 0 Å². The normalized spacial score (nSPS) is 18.5. The van der Waals surface area contributed by atoms with Crippen LogP contribution in [0.5, 0.6) is 0 Å². The van der Waals surface area contributed by atoms with Crippen LogP contribution in [0, 0.1) is 5.82 Å². The monoisotopic (exact) mass is 343 g/mol. The largest absolute Gasteiger partial charge is 0.480 e. The van der Waals surface area contributed by atoms with Crippen LogP contribution in [-0.4, -0.2) is 17.1 Å². The van der Waals surface area contributed by atoms with Gasteiger partial charge < -0.3 is 5.11 Å². The molecule has 3 nitrogen and oxygen atoms in total. The lowest BCUT2D eigenvalue weighted by Crippen LogP contribution is -2.37. The van der Waals surface area contributed by atoms with Crippen LogP contribution in [0.2, 0.25) is 0 Å². The highest BCUT2D eigenvalue weighted by molar-refractivity contribution is 9.10. The van der Waals surface area contributed by atoms with Crippen molar-refractivity contribution in [2.75, 3.05) is 0 Å². The third-order valence-electron chi connectivity index (χ3n) is 3.78. The molecule has 2 N–H and O–H groups in total. The summed E-state index contributed by atoms with van der Waals surface area (Å²) in [6, 6.07) is 3.55. The van der Waals surface area contributed by atoms with Crippen molar-refractivity contribution in [2.24, 2.45) is 0 Å². The Morgan fingerprint density at radius 1 is 1.30 bits per heavy atom. The van der Waals surface area contributed by atoms with Crippen molar-refractivity contribution < 1.29 is 14.3 Å². The van der Waals surface area contributed by atoms with Crippen LogP contribution >= 0.6 is 15.9 Å². The first-order valence-corrected chi connectivity index (χ1v) is 7.81. The van der Waals surface area contributed by atoms with E-state index in [1.807, 2.05) is 0 Å². The average Bonchev–Trinajstić information content (AvgIpc) is 2.65. The molecule has 0 spiro atoms. The van der Waals surface area contributed by atoms with Gasteiger partial charge in [-0.05, 0) is 30.5 Å². The number of hydrogen-bond acceptors (Lipinski definition) is 2. The first-order chi connectivity index (χ1) is 9.58. The summed E-state index contributed by atoms with van der Waals surface area (Å²) in [5, 5.41) is 12.7. The maximum absolute atomic E-state index is 13.1. The minimum atomic E-state index is -0.929. The number of carboxylic acids is 1. The lowest BCUT2D eigenvalue weighted by molar-refractivity contribution is -0.140. The second-order valence-corrected chi connectivity index (χ2v) is 6.15. The summed E-state index contributed by atoms with van der Waals surface area (Å²) in [5.74, 6) is -1.30. The van der Waals surface area contributed by atoms with Gasteiger partial charge in [-0.2, -0.15) is 0 Å². The highest BCUT2D eigenvalue weighted by Crippen LogP contribution is 2.27. The summed E-state index contributed by atoms with van der Waals surface area (Å²) in [4.78, 5) is 11.5. The maximum Gasteiger partial charge on any atom is 0.325 e. The van der Waals surface area contributed by atoms with Crippen molar-refractivity contribution in [1.29, 1.82) is 0 Å². The fourth-order valence-corrected chi connectivity index (χ4v) is 3.29. The molecule has 0 amide bonds. The van der Waals surface area contributed by atoms with E-state index in [0.29, 0.717) is 10.0 Å². The zero-order valence-corrected chi connectivity index (χ0v) is 12.8. The molecule has 0 saturated heterocycles. The van der Waals surface area contributed by atoms with Crippen LogP contribution < -0.4 is 5.32 Å². The molecule has 1 aromatic carbocycles. The quantitative estimate of drug-likeness (QED) is 0.811. The second-order valence-electron chi connectivity index (χ2n) is 5.29. The Kier molecular flexibility index (Phi) is 5.54. The van der Waals surface area contributed by atoms with E-state index in [1.165, 1.54) is 31.0 Å². The van der Waals surface area contributed by atoms with Gasteiger partial charge >= 0.3 is 5.97 Å². The summed E-state index contributed by atoms with van der Waals surface area (Å²) in [6.45, 7) is 0. The number of carbonyl (C=O) groups is 1. The number of hydrogen-bond donors (Lipinski definition) is 2. The van der Waals surface area contributed by atoms with Gasteiger partial charge in [0.15, 0.2) is 0 Å². The van der Waals surface area contributed by atoms with Crippen molar-refractivity contribution in [1.82, 2.24) is 5.32 Å². The van der Waals surface area contributed by atoms with Crippen LogP contribution in [0.3, 0.4) is 0 Å². The molecule has 0 bridgehead atoms. The molecule has 1 aliphatic carbocycles. The molecule has 1 saturated carbocycles. The van der Waals surface area contributed by atoms with E-state index in [9.17, 15) is 14.3 Å². The Hall–Kier alpha value is -0.940. The molecule has 0 aliphatic heterocycles. The number of aliphatic carboxylic acids is 1. The molecule has 1 atom stereocenters. The average molecular weight is 344 g/mol. The molecule has 0 radical (unpaired) electrons. The number of halogens is 2. The zero-order valence-electron chi connectivity index (χ0n) is 11.2. The van der Waals surface area contributed by atoms with Gasteiger partial charge in [0.2, 0.25) is 0 Å². The lowest BCUT2D eigenvalue weighted by atomic mass is 10.0. The molecule has 1 unspecified atom stereocenters. The first-order valence-electron chi connectivity index (χ1n) is 7.01. The van der Waals surface area contributed by atoms with Crippen molar-refractivity contribution in [2.45, 2.75) is 50.6 Å². The minimum Gasteiger partial charge on any atom is -0.480 e. The van der Waals surface area contributed by atoms with Crippen molar-refractivity contribution in [3.05, 3.63) is 34.1 Å². The summed E-state index contributed by atoms with van der Waals surface area (Å²) in [7, 11) is 0. The Labute approximate surface area is 126 Å². The van der Waals surface area contributed by atoms with E-state index in [0.717, 1.165) is 25.7 Å². The number of benzene rings is 1. The van der Waals surface area contributed by atoms with Gasteiger partial charge in [-0.25, -0.2) is 4.39 Å². The van der Waals surface area contributed by atoms with E-state index >= 15 is 0 Å². The van der Waals surface area contributed by atoms with Gasteiger partial charge in [-0.3, -0.25) is 10.1 Å². The highest BCUT2D eigenvalue weighted by Gasteiger charge is 2.25.